The van der Waals surface area contributed by atoms with E-state index in [1.54, 1.807) is 31.2 Å². The molecule has 2 aromatic carbocycles. The number of anilines is 2. The minimum absolute atomic E-state index is 0.163. The summed E-state index contributed by atoms with van der Waals surface area (Å²) in [4.78, 5) is 24.1. The van der Waals surface area contributed by atoms with Crippen LogP contribution in [0.15, 0.2) is 53.7 Å². The van der Waals surface area contributed by atoms with Crippen LogP contribution in [0, 0.1) is 6.92 Å². The Balaban J connectivity index is 1.53. The predicted octanol–water partition coefficient (Wildman–Crippen LogP) is 4.13. The molecule has 3 aromatic rings. The van der Waals surface area contributed by atoms with E-state index < -0.39 is 0 Å². The average Bonchev–Trinajstić information content (AvgIpc) is 3.19. The molecule has 8 nitrogen and oxygen atoms in total. The Labute approximate surface area is 191 Å². The second-order valence-corrected chi connectivity index (χ2v) is 7.94. The van der Waals surface area contributed by atoms with Crippen molar-refractivity contribution in [2.75, 3.05) is 23.0 Å². The highest BCUT2D eigenvalue weighted by molar-refractivity contribution is 7.99. The van der Waals surface area contributed by atoms with Gasteiger partial charge in [-0.2, -0.15) is 0 Å². The van der Waals surface area contributed by atoms with Crippen molar-refractivity contribution in [3.63, 3.8) is 0 Å². The number of aryl methyl sites for hydroxylation is 1. The van der Waals surface area contributed by atoms with Gasteiger partial charge < -0.3 is 19.9 Å². The number of carbonyl (C=O) groups excluding carboxylic acids is 2. The maximum atomic E-state index is 12.4. The zero-order valence-corrected chi connectivity index (χ0v) is 19.2. The van der Waals surface area contributed by atoms with Gasteiger partial charge in [0.1, 0.15) is 0 Å². The number of nitrogens with one attached hydrogen (secondary N) is 2. The fourth-order valence-corrected chi connectivity index (χ4v) is 3.78. The quantitative estimate of drug-likeness (QED) is 0.352. The summed E-state index contributed by atoms with van der Waals surface area (Å²) in [6, 6.07) is 14.8. The summed E-state index contributed by atoms with van der Waals surface area (Å²) in [5.74, 6) is 0.463. The number of carbonyl (C=O) groups is 2. The third-order valence-corrected chi connectivity index (χ3v) is 5.59. The highest BCUT2D eigenvalue weighted by Crippen LogP contribution is 2.19. The van der Waals surface area contributed by atoms with E-state index in [2.05, 4.69) is 39.9 Å². The molecule has 32 heavy (non-hydrogen) atoms. The molecule has 1 amide bonds. The van der Waals surface area contributed by atoms with Crippen LogP contribution in [0.4, 0.5) is 11.4 Å². The third kappa shape index (κ3) is 6.34. The van der Waals surface area contributed by atoms with Crippen LogP contribution in [0.1, 0.15) is 35.6 Å². The van der Waals surface area contributed by atoms with E-state index in [9.17, 15) is 9.59 Å². The zero-order valence-electron chi connectivity index (χ0n) is 18.4. The van der Waals surface area contributed by atoms with E-state index in [0.29, 0.717) is 36.1 Å². The summed E-state index contributed by atoms with van der Waals surface area (Å²) in [5, 5.41) is 15.4. The van der Waals surface area contributed by atoms with Crippen molar-refractivity contribution >= 4 is 35.0 Å². The van der Waals surface area contributed by atoms with E-state index in [1.165, 1.54) is 17.3 Å². The molecule has 9 heteroatoms. The van der Waals surface area contributed by atoms with Crippen molar-refractivity contribution in [2.45, 2.75) is 39.0 Å². The largest absolute Gasteiger partial charge is 0.462 e. The number of amides is 1. The highest BCUT2D eigenvalue weighted by Gasteiger charge is 2.14. The molecule has 0 spiro atoms. The van der Waals surface area contributed by atoms with Crippen LogP contribution in [0.3, 0.4) is 0 Å². The van der Waals surface area contributed by atoms with Gasteiger partial charge in [-0.1, -0.05) is 29.5 Å². The third-order valence-electron chi connectivity index (χ3n) is 4.62. The first-order chi connectivity index (χ1) is 15.5. The number of hydrogen-bond donors (Lipinski definition) is 2. The molecule has 0 aliphatic heterocycles. The Hall–Kier alpha value is -3.33. The normalized spacial score (nSPS) is 10.6. The first kappa shape index (κ1) is 23.3. The Bertz CT molecular complexity index is 1050. The van der Waals surface area contributed by atoms with Gasteiger partial charge in [0.05, 0.1) is 24.5 Å². The number of benzene rings is 2. The molecular weight excluding hydrogens is 426 g/mol. The SMILES string of the molecule is CCOC(=O)c1ccc(NC(=O)CSc2nnc(CNc3ccc(C)cc3)n2CC)cc1. The molecule has 0 saturated carbocycles. The molecular formula is C23H27N5O3S. The number of hydrogen-bond acceptors (Lipinski definition) is 7. The van der Waals surface area contributed by atoms with Crippen LogP contribution in [0.5, 0.6) is 0 Å². The molecule has 0 fully saturated rings. The van der Waals surface area contributed by atoms with Gasteiger partial charge in [0.15, 0.2) is 11.0 Å². The average molecular weight is 454 g/mol. The molecule has 0 aliphatic carbocycles. The van der Waals surface area contributed by atoms with Crippen molar-refractivity contribution in [1.82, 2.24) is 14.8 Å². The first-order valence-corrected chi connectivity index (χ1v) is 11.4. The molecule has 0 atom stereocenters. The van der Waals surface area contributed by atoms with Gasteiger partial charge in [0, 0.05) is 17.9 Å². The number of ether oxygens (including phenoxy) is 1. The van der Waals surface area contributed by atoms with Crippen molar-refractivity contribution in [2.24, 2.45) is 0 Å². The van der Waals surface area contributed by atoms with Gasteiger partial charge in [0.2, 0.25) is 5.91 Å². The lowest BCUT2D eigenvalue weighted by Crippen LogP contribution is -2.15. The second kappa shape index (κ2) is 11.3. The van der Waals surface area contributed by atoms with Gasteiger partial charge in [-0.25, -0.2) is 4.79 Å². The summed E-state index contributed by atoms with van der Waals surface area (Å²) >= 11 is 1.33. The van der Waals surface area contributed by atoms with Crippen molar-refractivity contribution in [1.29, 1.82) is 0 Å². The molecule has 0 bridgehead atoms. The van der Waals surface area contributed by atoms with Crippen LogP contribution in [-0.4, -0.2) is 39.0 Å². The van der Waals surface area contributed by atoms with Gasteiger partial charge in [0.25, 0.3) is 0 Å². The lowest BCUT2D eigenvalue weighted by atomic mass is 10.2. The maximum absolute atomic E-state index is 12.4. The van der Waals surface area contributed by atoms with E-state index >= 15 is 0 Å². The molecule has 3 rings (SSSR count). The molecule has 1 aromatic heterocycles. The Morgan fingerprint density at radius 3 is 2.34 bits per heavy atom. The molecule has 0 radical (unpaired) electrons. The molecule has 0 aliphatic rings. The molecule has 0 unspecified atom stereocenters. The fraction of sp³-hybridized carbons (Fsp3) is 0.304. The van der Waals surface area contributed by atoms with Gasteiger partial charge in [-0.15, -0.1) is 10.2 Å². The summed E-state index contributed by atoms with van der Waals surface area (Å²) < 4.78 is 6.95. The number of aromatic nitrogens is 3. The van der Waals surface area contributed by atoms with E-state index in [4.69, 9.17) is 4.74 Å². The van der Waals surface area contributed by atoms with Gasteiger partial charge in [-0.05, 0) is 57.2 Å². The summed E-state index contributed by atoms with van der Waals surface area (Å²) in [6.07, 6.45) is 0. The monoisotopic (exact) mass is 453 g/mol. The lowest BCUT2D eigenvalue weighted by Gasteiger charge is -2.10. The van der Waals surface area contributed by atoms with Crippen LogP contribution in [0.2, 0.25) is 0 Å². The van der Waals surface area contributed by atoms with Crippen LogP contribution >= 0.6 is 11.8 Å². The Kier molecular flexibility index (Phi) is 8.27. The number of rotatable bonds is 10. The molecule has 1 heterocycles. The topological polar surface area (TPSA) is 98.1 Å². The standard InChI is InChI=1S/C23H27N5O3S/c1-4-28-20(14-24-18-10-6-16(3)7-11-18)26-27-23(28)32-15-21(29)25-19-12-8-17(9-13-19)22(30)31-5-2/h6-13,24H,4-5,14-15H2,1-3H3,(H,25,29). The van der Waals surface area contributed by atoms with Crippen LogP contribution < -0.4 is 10.6 Å². The smallest absolute Gasteiger partial charge is 0.338 e. The summed E-state index contributed by atoms with van der Waals surface area (Å²) in [7, 11) is 0. The number of thioether (sulfide) groups is 1. The molecule has 168 valence electrons. The van der Waals surface area contributed by atoms with Crippen molar-refractivity contribution in [3.8, 4) is 0 Å². The minimum atomic E-state index is -0.382. The first-order valence-electron chi connectivity index (χ1n) is 10.4. The predicted molar refractivity (Wildman–Crippen MR) is 126 cm³/mol. The van der Waals surface area contributed by atoms with Crippen LogP contribution in [-0.2, 0) is 22.6 Å². The second-order valence-electron chi connectivity index (χ2n) is 7.00. The Morgan fingerprint density at radius 2 is 1.69 bits per heavy atom. The number of nitrogens with zero attached hydrogens (tertiary/aromatic N) is 3. The lowest BCUT2D eigenvalue weighted by molar-refractivity contribution is -0.113. The van der Waals surface area contributed by atoms with E-state index in [1.807, 2.05) is 23.6 Å². The Morgan fingerprint density at radius 1 is 1.00 bits per heavy atom. The van der Waals surface area contributed by atoms with Crippen molar-refractivity contribution in [3.05, 3.63) is 65.5 Å². The molecule has 2 N–H and O–H groups in total. The molecule has 0 saturated heterocycles. The summed E-state index contributed by atoms with van der Waals surface area (Å²) in [5.41, 5.74) is 3.29. The van der Waals surface area contributed by atoms with E-state index in [-0.39, 0.29) is 17.6 Å². The maximum Gasteiger partial charge on any atom is 0.338 e. The summed E-state index contributed by atoms with van der Waals surface area (Å²) in [6.45, 7) is 7.40. The zero-order chi connectivity index (χ0) is 22.9. The fourth-order valence-electron chi connectivity index (χ4n) is 2.96. The van der Waals surface area contributed by atoms with Gasteiger partial charge in [-0.3, -0.25) is 4.79 Å². The van der Waals surface area contributed by atoms with Crippen LogP contribution in [0.25, 0.3) is 0 Å². The van der Waals surface area contributed by atoms with Crippen molar-refractivity contribution < 1.29 is 14.3 Å². The number of esters is 1. The minimum Gasteiger partial charge on any atom is -0.462 e. The van der Waals surface area contributed by atoms with E-state index in [0.717, 1.165) is 11.5 Å². The highest BCUT2D eigenvalue weighted by atomic mass is 32.2. The van der Waals surface area contributed by atoms with Gasteiger partial charge >= 0.3 is 5.97 Å².